The maximum Gasteiger partial charge on any atom is 0.268 e. The average Bonchev–Trinajstić information content (AvgIpc) is 2.55. The lowest BCUT2D eigenvalue weighted by Gasteiger charge is -2.38. The van der Waals surface area contributed by atoms with Gasteiger partial charge in [0.25, 0.3) is 7.82 Å². The van der Waals surface area contributed by atoms with Gasteiger partial charge in [-0.2, -0.15) is 0 Å². The number of hydrogen-bond acceptors (Lipinski definition) is 7. The van der Waals surface area contributed by atoms with E-state index in [-0.39, 0.29) is 18.6 Å². The molecule has 0 aromatic rings. The zero-order chi connectivity index (χ0) is 21.1. The summed E-state index contributed by atoms with van der Waals surface area (Å²) in [6, 6.07) is -0.329. The number of phosphoric ester groups is 1. The quantitative estimate of drug-likeness (QED) is 0.198. The molecule has 4 N–H and O–H groups in total. The summed E-state index contributed by atoms with van der Waals surface area (Å²) in [7, 11) is 1.13. The van der Waals surface area contributed by atoms with Crippen LogP contribution in [0.5, 0.6) is 0 Å². The number of phosphoric acid groups is 1. The van der Waals surface area contributed by atoms with Gasteiger partial charge in [-0.3, -0.25) is 4.57 Å². The number of aliphatic hydroxyl groups excluding tert-OH is 2. The first-order valence-corrected chi connectivity index (χ1v) is 11.4. The third kappa shape index (κ3) is 12.2. The largest absolute Gasteiger partial charge is 0.756 e. The summed E-state index contributed by atoms with van der Waals surface area (Å²) >= 11 is 0. The van der Waals surface area contributed by atoms with E-state index in [1.165, 1.54) is 0 Å². The molecule has 5 atom stereocenters. The van der Waals surface area contributed by atoms with Gasteiger partial charge in [0.15, 0.2) is 0 Å². The summed E-state index contributed by atoms with van der Waals surface area (Å²) in [5.41, 5.74) is 6.27. The molecule has 9 heteroatoms. The number of quaternary nitrogens is 1. The number of likely N-dealkylation sites (N-methyl/N-ethyl adjacent to an activating group) is 1. The summed E-state index contributed by atoms with van der Waals surface area (Å²) in [5.74, 6) is -0.386. The zero-order valence-electron chi connectivity index (χ0n) is 17.7. The predicted octanol–water partition coefficient (Wildman–Crippen LogP) is 1.24. The van der Waals surface area contributed by atoms with Crippen molar-refractivity contribution in [3.05, 3.63) is 0 Å². The van der Waals surface area contributed by atoms with Crippen molar-refractivity contribution in [3.8, 4) is 0 Å². The molecule has 0 fully saturated rings. The molecular formula is C18H41N2O6P. The van der Waals surface area contributed by atoms with Crippen LogP contribution in [-0.4, -0.2) is 73.8 Å². The van der Waals surface area contributed by atoms with Crippen LogP contribution in [0.15, 0.2) is 0 Å². The number of unbranched alkanes of at least 4 members (excludes halogenated alkanes) is 2. The maximum absolute atomic E-state index is 12.3. The molecular weight excluding hydrogens is 371 g/mol. The van der Waals surface area contributed by atoms with Gasteiger partial charge in [0.1, 0.15) is 19.3 Å². The fraction of sp³-hybridized carbons (Fsp3) is 1.00. The molecule has 0 bridgehead atoms. The SMILES string of the molecule is CCCCCC(C(N)CCC)C(OP(=O)([O-])OCC[N+](C)(C)C)[C@@H](O)CO. The molecule has 0 aromatic carbocycles. The van der Waals surface area contributed by atoms with Crippen LogP contribution in [0.25, 0.3) is 0 Å². The minimum atomic E-state index is -4.64. The van der Waals surface area contributed by atoms with Crippen molar-refractivity contribution in [2.24, 2.45) is 11.7 Å². The van der Waals surface area contributed by atoms with Gasteiger partial charge >= 0.3 is 0 Å². The number of nitrogens with zero attached hydrogens (tertiary/aromatic N) is 1. The van der Waals surface area contributed by atoms with Crippen molar-refractivity contribution in [2.75, 3.05) is 40.9 Å². The van der Waals surface area contributed by atoms with Crippen LogP contribution in [0.4, 0.5) is 0 Å². The third-order valence-electron chi connectivity index (χ3n) is 4.56. The molecule has 4 unspecified atom stereocenters. The minimum Gasteiger partial charge on any atom is -0.756 e. The highest BCUT2D eigenvalue weighted by molar-refractivity contribution is 7.45. The molecule has 0 aliphatic rings. The van der Waals surface area contributed by atoms with Crippen LogP contribution < -0.4 is 10.6 Å². The van der Waals surface area contributed by atoms with Crippen LogP contribution in [-0.2, 0) is 13.6 Å². The summed E-state index contributed by atoms with van der Waals surface area (Å²) in [6.07, 6.45) is 2.51. The van der Waals surface area contributed by atoms with Gasteiger partial charge in [0.05, 0.1) is 33.9 Å². The second-order valence-corrected chi connectivity index (χ2v) is 9.59. The standard InChI is InChI=1S/C18H41N2O6P/c1-6-8-9-11-15(16(19)10-7-2)18(17(22)14-21)26-27(23,24)25-13-12-20(3,4)5/h15-18,21-22H,6-14,19H2,1-5H3/t15?,16?,17-,18?/m0/s1. The lowest BCUT2D eigenvalue weighted by molar-refractivity contribution is -0.870. The van der Waals surface area contributed by atoms with Gasteiger partial charge in [0.2, 0.25) is 0 Å². The van der Waals surface area contributed by atoms with E-state index >= 15 is 0 Å². The second kappa shape index (κ2) is 13.2. The van der Waals surface area contributed by atoms with Crippen LogP contribution in [0.2, 0.25) is 0 Å². The summed E-state index contributed by atoms with van der Waals surface area (Å²) in [5, 5.41) is 19.6. The topological polar surface area (TPSA) is 125 Å². The lowest BCUT2D eigenvalue weighted by atomic mass is 9.84. The Balaban J connectivity index is 5.22. The van der Waals surface area contributed by atoms with Crippen molar-refractivity contribution >= 4 is 7.82 Å². The van der Waals surface area contributed by atoms with Crippen LogP contribution >= 0.6 is 7.82 Å². The molecule has 0 heterocycles. The lowest BCUT2D eigenvalue weighted by Crippen LogP contribution is -2.47. The number of rotatable bonds is 16. The average molecular weight is 413 g/mol. The Labute approximate surface area is 164 Å². The molecule has 0 amide bonds. The molecule has 0 saturated heterocycles. The molecule has 0 aliphatic carbocycles. The van der Waals surface area contributed by atoms with E-state index in [1.807, 2.05) is 28.1 Å². The first kappa shape index (κ1) is 27.0. The van der Waals surface area contributed by atoms with Gasteiger partial charge in [-0.25, -0.2) is 0 Å². The van der Waals surface area contributed by atoms with E-state index in [2.05, 4.69) is 6.92 Å². The van der Waals surface area contributed by atoms with E-state index < -0.39 is 26.6 Å². The number of aliphatic hydroxyl groups is 2. The van der Waals surface area contributed by atoms with Gasteiger partial charge < -0.3 is 34.4 Å². The van der Waals surface area contributed by atoms with E-state index in [0.29, 0.717) is 23.9 Å². The first-order chi connectivity index (χ1) is 12.5. The monoisotopic (exact) mass is 412 g/mol. The Bertz CT molecular complexity index is 433. The fourth-order valence-electron chi connectivity index (χ4n) is 2.94. The number of nitrogens with two attached hydrogens (primary N) is 1. The molecule has 27 heavy (non-hydrogen) atoms. The van der Waals surface area contributed by atoms with Gasteiger partial charge in [-0.1, -0.05) is 39.5 Å². The molecule has 0 aromatic heterocycles. The highest BCUT2D eigenvalue weighted by atomic mass is 31.2. The van der Waals surface area contributed by atoms with Crippen molar-refractivity contribution in [1.29, 1.82) is 0 Å². The third-order valence-corrected chi connectivity index (χ3v) is 5.56. The fourth-order valence-corrected chi connectivity index (χ4v) is 3.90. The van der Waals surface area contributed by atoms with Crippen LogP contribution in [0.3, 0.4) is 0 Å². The van der Waals surface area contributed by atoms with Crippen molar-refractivity contribution in [2.45, 2.75) is 70.6 Å². The van der Waals surface area contributed by atoms with E-state index in [9.17, 15) is 19.7 Å². The second-order valence-electron chi connectivity index (χ2n) is 8.23. The molecule has 8 nitrogen and oxygen atoms in total. The summed E-state index contributed by atoms with van der Waals surface area (Å²) in [4.78, 5) is 12.3. The Kier molecular flexibility index (Phi) is 13.2. The normalized spacial score (nSPS) is 19.3. The van der Waals surface area contributed by atoms with Crippen LogP contribution in [0.1, 0.15) is 52.4 Å². The Morgan fingerprint density at radius 2 is 1.78 bits per heavy atom. The maximum atomic E-state index is 12.3. The van der Waals surface area contributed by atoms with E-state index in [0.717, 1.165) is 25.7 Å². The molecule has 0 aliphatic heterocycles. The predicted molar refractivity (Wildman–Crippen MR) is 105 cm³/mol. The van der Waals surface area contributed by atoms with E-state index in [4.69, 9.17) is 14.8 Å². The van der Waals surface area contributed by atoms with Crippen molar-refractivity contribution in [3.63, 3.8) is 0 Å². The molecule has 0 rings (SSSR count). The van der Waals surface area contributed by atoms with Crippen molar-refractivity contribution in [1.82, 2.24) is 0 Å². The van der Waals surface area contributed by atoms with Crippen LogP contribution in [0, 0.1) is 5.92 Å². The van der Waals surface area contributed by atoms with Gasteiger partial charge in [-0.15, -0.1) is 0 Å². The summed E-state index contributed by atoms with van der Waals surface area (Å²) < 4.78 is 23.1. The highest BCUT2D eigenvalue weighted by Gasteiger charge is 2.35. The van der Waals surface area contributed by atoms with Gasteiger partial charge in [0, 0.05) is 12.0 Å². The zero-order valence-corrected chi connectivity index (χ0v) is 18.6. The molecule has 0 saturated carbocycles. The molecule has 0 radical (unpaired) electrons. The Hall–Kier alpha value is -0.0500. The van der Waals surface area contributed by atoms with Gasteiger partial charge in [-0.05, 0) is 12.8 Å². The minimum absolute atomic E-state index is 0.0201. The number of hydrogen-bond donors (Lipinski definition) is 3. The smallest absolute Gasteiger partial charge is 0.268 e. The van der Waals surface area contributed by atoms with E-state index in [1.54, 1.807) is 0 Å². The Morgan fingerprint density at radius 1 is 1.15 bits per heavy atom. The van der Waals surface area contributed by atoms with Crippen molar-refractivity contribution < 1.29 is 33.2 Å². The molecule has 0 spiro atoms. The summed E-state index contributed by atoms with van der Waals surface area (Å²) in [6.45, 7) is 3.93. The molecule has 164 valence electrons. The first-order valence-electron chi connectivity index (χ1n) is 9.96. The highest BCUT2D eigenvalue weighted by Crippen LogP contribution is 2.43. The Morgan fingerprint density at radius 3 is 2.26 bits per heavy atom.